The summed E-state index contributed by atoms with van der Waals surface area (Å²) in [5.74, 6) is 0. The highest BCUT2D eigenvalue weighted by molar-refractivity contribution is 5.80. The zero-order valence-corrected chi connectivity index (χ0v) is 7.65. The minimum atomic E-state index is -4.38. The molecule has 0 spiro atoms. The van der Waals surface area contributed by atoms with Crippen LogP contribution < -0.4 is 0 Å². The Labute approximate surface area is 75.7 Å². The summed E-state index contributed by atoms with van der Waals surface area (Å²) in [6.07, 6.45) is -1.35. The van der Waals surface area contributed by atoms with Crippen LogP contribution in [0.15, 0.2) is 28.9 Å². The lowest BCUT2D eigenvalue weighted by atomic mass is 10.3. The number of allylic oxidation sites excluding steroid dienone is 3. The third-order valence-corrected chi connectivity index (χ3v) is 1.45. The first-order valence-electron chi connectivity index (χ1n) is 3.87. The van der Waals surface area contributed by atoms with E-state index in [0.717, 1.165) is 6.21 Å². The van der Waals surface area contributed by atoms with Crippen molar-refractivity contribution >= 4 is 6.21 Å². The van der Waals surface area contributed by atoms with E-state index < -0.39 is 11.7 Å². The SMILES string of the molecule is C=C(C=N/C(=C\C)CC)C(F)(F)F. The van der Waals surface area contributed by atoms with Gasteiger partial charge in [0.2, 0.25) is 0 Å². The number of hydrogen-bond donors (Lipinski definition) is 0. The minimum Gasteiger partial charge on any atom is -0.261 e. The molecule has 0 unspecified atom stereocenters. The Kier molecular flexibility index (Phi) is 4.45. The molecule has 0 bridgehead atoms. The van der Waals surface area contributed by atoms with Gasteiger partial charge in [-0.2, -0.15) is 13.2 Å². The number of halogens is 3. The number of aliphatic imine (C=N–C) groups is 1. The van der Waals surface area contributed by atoms with Crippen molar-refractivity contribution in [2.45, 2.75) is 26.4 Å². The Morgan fingerprint density at radius 2 is 2.00 bits per heavy atom. The predicted octanol–water partition coefficient (Wildman–Crippen LogP) is 3.49. The summed E-state index contributed by atoms with van der Waals surface area (Å²) in [5, 5.41) is 0. The topological polar surface area (TPSA) is 12.4 Å². The molecule has 0 heterocycles. The van der Waals surface area contributed by atoms with Gasteiger partial charge < -0.3 is 0 Å². The van der Waals surface area contributed by atoms with E-state index in [2.05, 4.69) is 11.6 Å². The molecule has 0 rings (SSSR count). The second-order valence-electron chi connectivity index (χ2n) is 2.41. The van der Waals surface area contributed by atoms with Crippen LogP contribution in [0.25, 0.3) is 0 Å². The van der Waals surface area contributed by atoms with Gasteiger partial charge in [-0.05, 0) is 13.3 Å². The predicted molar refractivity (Wildman–Crippen MR) is 47.7 cm³/mol. The van der Waals surface area contributed by atoms with Crippen molar-refractivity contribution in [1.29, 1.82) is 0 Å². The standard InChI is InChI=1S/C9H12F3N/c1-4-8(5-2)13-6-7(3)9(10,11)12/h4,6H,3,5H2,1-2H3/b8-4-,13-6?. The molecule has 13 heavy (non-hydrogen) atoms. The molecule has 74 valence electrons. The van der Waals surface area contributed by atoms with Gasteiger partial charge in [-0.25, -0.2) is 0 Å². The summed E-state index contributed by atoms with van der Waals surface area (Å²) in [7, 11) is 0. The zero-order chi connectivity index (χ0) is 10.5. The molecule has 0 saturated carbocycles. The lowest BCUT2D eigenvalue weighted by molar-refractivity contribution is -0.0852. The van der Waals surface area contributed by atoms with Crippen LogP contribution in [0, 0.1) is 0 Å². The molecule has 0 aliphatic carbocycles. The van der Waals surface area contributed by atoms with Gasteiger partial charge in [0.05, 0.1) is 5.57 Å². The average Bonchev–Trinajstić information content (AvgIpc) is 2.04. The highest BCUT2D eigenvalue weighted by Gasteiger charge is 2.30. The van der Waals surface area contributed by atoms with Crippen molar-refractivity contribution in [3.05, 3.63) is 23.9 Å². The van der Waals surface area contributed by atoms with Crippen molar-refractivity contribution in [2.75, 3.05) is 0 Å². The van der Waals surface area contributed by atoms with Crippen molar-refractivity contribution in [2.24, 2.45) is 4.99 Å². The maximum atomic E-state index is 11.9. The quantitative estimate of drug-likeness (QED) is 0.605. The zero-order valence-electron chi connectivity index (χ0n) is 7.65. The molecule has 0 aliphatic heterocycles. The molecule has 0 fully saturated rings. The van der Waals surface area contributed by atoms with Crippen LogP contribution in [0.2, 0.25) is 0 Å². The molecule has 0 N–H and O–H groups in total. The summed E-state index contributed by atoms with van der Waals surface area (Å²) < 4.78 is 35.7. The van der Waals surface area contributed by atoms with Crippen LogP contribution in [0.5, 0.6) is 0 Å². The van der Waals surface area contributed by atoms with E-state index in [1.807, 2.05) is 6.92 Å². The average molecular weight is 191 g/mol. The number of alkyl halides is 3. The lowest BCUT2D eigenvalue weighted by Gasteiger charge is -2.04. The van der Waals surface area contributed by atoms with E-state index in [1.54, 1.807) is 13.0 Å². The van der Waals surface area contributed by atoms with Crippen molar-refractivity contribution in [1.82, 2.24) is 0 Å². The number of nitrogens with zero attached hydrogens (tertiary/aromatic N) is 1. The van der Waals surface area contributed by atoms with E-state index in [0.29, 0.717) is 12.1 Å². The van der Waals surface area contributed by atoms with Crippen LogP contribution in [-0.4, -0.2) is 12.4 Å². The normalized spacial score (nSPS) is 13.8. The first-order valence-corrected chi connectivity index (χ1v) is 3.87. The van der Waals surface area contributed by atoms with E-state index in [9.17, 15) is 13.2 Å². The Bertz CT molecular complexity index is 236. The molecular weight excluding hydrogens is 179 g/mol. The number of rotatable bonds is 3. The van der Waals surface area contributed by atoms with Gasteiger partial charge in [-0.15, -0.1) is 0 Å². The molecule has 0 atom stereocenters. The van der Waals surface area contributed by atoms with E-state index >= 15 is 0 Å². The van der Waals surface area contributed by atoms with E-state index in [-0.39, 0.29) is 0 Å². The third kappa shape index (κ3) is 4.50. The Balaban J connectivity index is 4.37. The molecule has 0 aromatic heterocycles. The lowest BCUT2D eigenvalue weighted by Crippen LogP contribution is -2.11. The summed E-state index contributed by atoms with van der Waals surface area (Å²) in [4.78, 5) is 3.64. The monoisotopic (exact) mass is 191 g/mol. The molecule has 4 heteroatoms. The highest BCUT2D eigenvalue weighted by atomic mass is 19.4. The Morgan fingerprint density at radius 1 is 1.46 bits per heavy atom. The summed E-state index contributed by atoms with van der Waals surface area (Å²) in [5.41, 5.74) is -0.314. The van der Waals surface area contributed by atoms with Crippen LogP contribution in [0.1, 0.15) is 20.3 Å². The van der Waals surface area contributed by atoms with Crippen LogP contribution in [-0.2, 0) is 0 Å². The molecule has 0 radical (unpaired) electrons. The minimum absolute atomic E-state index is 0.609. The van der Waals surface area contributed by atoms with Gasteiger partial charge in [0.15, 0.2) is 0 Å². The fourth-order valence-corrected chi connectivity index (χ4v) is 0.604. The molecule has 0 aromatic carbocycles. The Morgan fingerprint density at radius 3 is 2.31 bits per heavy atom. The third-order valence-electron chi connectivity index (χ3n) is 1.45. The fourth-order valence-electron chi connectivity index (χ4n) is 0.604. The van der Waals surface area contributed by atoms with E-state index in [1.165, 1.54) is 0 Å². The Hall–Kier alpha value is -1.06. The van der Waals surface area contributed by atoms with Crippen molar-refractivity contribution < 1.29 is 13.2 Å². The summed E-state index contributed by atoms with van der Waals surface area (Å²) >= 11 is 0. The maximum Gasteiger partial charge on any atom is 0.417 e. The van der Waals surface area contributed by atoms with Gasteiger partial charge in [0, 0.05) is 11.9 Å². The largest absolute Gasteiger partial charge is 0.417 e. The molecular formula is C9H12F3N. The fraction of sp³-hybridized carbons (Fsp3) is 0.444. The summed E-state index contributed by atoms with van der Waals surface area (Å²) in [6, 6.07) is 0. The van der Waals surface area contributed by atoms with Crippen LogP contribution in [0.4, 0.5) is 13.2 Å². The molecule has 1 nitrogen and oxygen atoms in total. The smallest absolute Gasteiger partial charge is 0.261 e. The van der Waals surface area contributed by atoms with Crippen LogP contribution in [0.3, 0.4) is 0 Å². The maximum absolute atomic E-state index is 11.9. The van der Waals surface area contributed by atoms with Gasteiger partial charge in [0.1, 0.15) is 0 Å². The molecule has 0 saturated heterocycles. The van der Waals surface area contributed by atoms with Crippen molar-refractivity contribution in [3.8, 4) is 0 Å². The first kappa shape index (κ1) is 11.9. The van der Waals surface area contributed by atoms with Gasteiger partial charge in [-0.3, -0.25) is 4.99 Å². The molecule has 0 amide bonds. The molecule has 0 aromatic rings. The first-order chi connectivity index (χ1) is 5.91. The molecule has 0 aliphatic rings. The van der Waals surface area contributed by atoms with Crippen molar-refractivity contribution in [3.63, 3.8) is 0 Å². The van der Waals surface area contributed by atoms with Gasteiger partial charge >= 0.3 is 6.18 Å². The van der Waals surface area contributed by atoms with Gasteiger partial charge in [0.25, 0.3) is 0 Å². The second-order valence-corrected chi connectivity index (χ2v) is 2.41. The number of hydrogen-bond acceptors (Lipinski definition) is 1. The van der Waals surface area contributed by atoms with E-state index in [4.69, 9.17) is 0 Å². The van der Waals surface area contributed by atoms with Gasteiger partial charge in [-0.1, -0.05) is 19.6 Å². The van der Waals surface area contributed by atoms with Crippen LogP contribution >= 0.6 is 0 Å². The second kappa shape index (κ2) is 4.84. The highest BCUT2D eigenvalue weighted by Crippen LogP contribution is 2.22. The summed E-state index contributed by atoms with van der Waals surface area (Å²) in [6.45, 7) is 6.42.